The van der Waals surface area contributed by atoms with Crippen molar-refractivity contribution in [2.45, 2.75) is 42.0 Å². The second-order valence-corrected chi connectivity index (χ2v) is 11.1. The molecule has 2 aliphatic rings. The van der Waals surface area contributed by atoms with E-state index in [9.17, 15) is 0 Å². The third kappa shape index (κ3) is 3.30. The summed E-state index contributed by atoms with van der Waals surface area (Å²) in [6.07, 6.45) is 8.54. The molecule has 1 saturated heterocycles. The SMILES string of the molecule is Cc1nc(N2CCC3(CC2)Cc2scnc2[C@H]3N)n2ccnc2c1Sc1ccnc(N)c1Cl. The Morgan fingerprint density at radius 1 is 1.21 bits per heavy atom. The van der Waals surface area contributed by atoms with Crippen molar-refractivity contribution in [1.82, 2.24) is 24.3 Å². The van der Waals surface area contributed by atoms with Gasteiger partial charge in [-0.1, -0.05) is 23.4 Å². The first kappa shape index (κ1) is 21.2. The van der Waals surface area contributed by atoms with Crippen LogP contribution in [0.25, 0.3) is 5.65 Å². The van der Waals surface area contributed by atoms with Gasteiger partial charge in [0.1, 0.15) is 5.82 Å². The fourth-order valence-corrected chi connectivity index (χ4v) is 7.22. The molecule has 0 radical (unpaired) electrons. The Balaban J connectivity index is 1.29. The predicted molar refractivity (Wildman–Crippen MR) is 132 cm³/mol. The molecule has 1 fully saturated rings. The number of thiazole rings is 1. The number of halogens is 1. The molecule has 11 heteroatoms. The van der Waals surface area contributed by atoms with Crippen molar-refractivity contribution in [3.8, 4) is 0 Å². The third-order valence-corrected chi connectivity index (χ3v) is 9.53. The average molecular weight is 499 g/mol. The summed E-state index contributed by atoms with van der Waals surface area (Å²) in [4.78, 5) is 23.7. The maximum Gasteiger partial charge on any atom is 0.211 e. The topological polar surface area (TPSA) is 111 Å². The van der Waals surface area contributed by atoms with E-state index in [1.807, 2.05) is 30.9 Å². The lowest BCUT2D eigenvalue weighted by Crippen LogP contribution is -2.45. The maximum atomic E-state index is 6.67. The quantitative estimate of drug-likeness (QED) is 0.434. The zero-order chi connectivity index (χ0) is 22.7. The van der Waals surface area contributed by atoms with Crippen LogP contribution in [0.1, 0.15) is 35.1 Å². The van der Waals surface area contributed by atoms with Gasteiger partial charge in [0.05, 0.1) is 32.9 Å². The van der Waals surface area contributed by atoms with Crippen molar-refractivity contribution < 1.29 is 0 Å². The van der Waals surface area contributed by atoms with Crippen LogP contribution in [0.15, 0.2) is 40.0 Å². The molecular formula is C22H23ClN8S2. The summed E-state index contributed by atoms with van der Waals surface area (Å²) in [6, 6.07) is 1.89. The summed E-state index contributed by atoms with van der Waals surface area (Å²) < 4.78 is 2.07. The van der Waals surface area contributed by atoms with Crippen LogP contribution < -0.4 is 16.4 Å². The molecule has 4 aromatic heterocycles. The minimum atomic E-state index is 0.0279. The Kier molecular flexibility index (Phi) is 5.02. The number of hydrogen-bond acceptors (Lipinski definition) is 9. The van der Waals surface area contributed by atoms with E-state index < -0.39 is 0 Å². The Hall–Kier alpha value is -2.40. The highest BCUT2D eigenvalue weighted by Gasteiger charge is 2.47. The number of anilines is 2. The second-order valence-electron chi connectivity index (χ2n) is 8.72. The standard InChI is InChI=1S/C22H23ClN8S2/c1-12-17(33-13-2-5-26-19(25)15(13)23)20-27-6-9-31(20)21(29-12)30-7-3-22(4-8-30)10-14-16(18(22)24)28-11-32-14/h2,5-6,9,11,18H,3-4,7-8,10,24H2,1H3,(H2,25,26)/t18-/m1/s1. The van der Waals surface area contributed by atoms with Gasteiger partial charge in [0.15, 0.2) is 5.65 Å². The molecule has 1 aliphatic heterocycles. The molecule has 0 aromatic carbocycles. The van der Waals surface area contributed by atoms with Crippen molar-refractivity contribution >= 4 is 52.1 Å². The minimum Gasteiger partial charge on any atom is -0.382 e. The van der Waals surface area contributed by atoms with Gasteiger partial charge in [0.2, 0.25) is 5.95 Å². The van der Waals surface area contributed by atoms with Gasteiger partial charge in [-0.15, -0.1) is 11.3 Å². The highest BCUT2D eigenvalue weighted by molar-refractivity contribution is 7.99. The third-order valence-electron chi connectivity index (χ3n) is 6.93. The number of aromatic nitrogens is 5. The van der Waals surface area contributed by atoms with Crippen LogP contribution in [-0.4, -0.2) is 37.4 Å². The number of nitrogens with zero attached hydrogens (tertiary/aromatic N) is 6. The van der Waals surface area contributed by atoms with Crippen molar-refractivity contribution in [3.05, 3.63) is 51.5 Å². The van der Waals surface area contributed by atoms with Crippen molar-refractivity contribution in [2.75, 3.05) is 23.7 Å². The van der Waals surface area contributed by atoms with Crippen molar-refractivity contribution in [1.29, 1.82) is 0 Å². The molecule has 1 spiro atoms. The van der Waals surface area contributed by atoms with Crippen LogP contribution in [0.4, 0.5) is 11.8 Å². The average Bonchev–Trinajstić information content (AvgIpc) is 3.52. The van der Waals surface area contributed by atoms with E-state index in [0.717, 1.165) is 65.1 Å². The van der Waals surface area contributed by atoms with Crippen LogP contribution in [0.2, 0.25) is 5.02 Å². The molecule has 1 aliphatic carbocycles. The Morgan fingerprint density at radius 2 is 2.03 bits per heavy atom. The first-order valence-corrected chi connectivity index (χ1v) is 12.9. The Labute approximate surface area is 204 Å². The number of hydrogen-bond donors (Lipinski definition) is 2. The van der Waals surface area contributed by atoms with Crippen molar-refractivity contribution in [2.24, 2.45) is 11.1 Å². The van der Waals surface area contributed by atoms with Gasteiger partial charge < -0.3 is 16.4 Å². The lowest BCUT2D eigenvalue weighted by molar-refractivity contribution is 0.185. The number of piperidine rings is 1. The van der Waals surface area contributed by atoms with Gasteiger partial charge in [-0.05, 0) is 37.7 Å². The Bertz CT molecular complexity index is 1360. The van der Waals surface area contributed by atoms with E-state index in [4.69, 9.17) is 28.1 Å². The Morgan fingerprint density at radius 3 is 2.82 bits per heavy atom. The van der Waals surface area contributed by atoms with Crippen LogP contribution in [-0.2, 0) is 6.42 Å². The van der Waals surface area contributed by atoms with Gasteiger partial charge in [-0.2, -0.15) is 0 Å². The van der Waals surface area contributed by atoms with Crippen molar-refractivity contribution in [3.63, 3.8) is 0 Å². The smallest absolute Gasteiger partial charge is 0.211 e. The minimum absolute atomic E-state index is 0.0279. The molecule has 0 amide bonds. The molecule has 0 saturated carbocycles. The largest absolute Gasteiger partial charge is 0.382 e. The summed E-state index contributed by atoms with van der Waals surface area (Å²) in [6.45, 7) is 3.82. The highest BCUT2D eigenvalue weighted by Crippen LogP contribution is 2.51. The second kappa shape index (κ2) is 7.83. The van der Waals surface area contributed by atoms with E-state index in [2.05, 4.69) is 24.3 Å². The summed E-state index contributed by atoms with van der Waals surface area (Å²) in [5.74, 6) is 1.24. The molecule has 6 rings (SSSR count). The van der Waals surface area contributed by atoms with Gasteiger partial charge in [0.25, 0.3) is 0 Å². The number of imidazole rings is 1. The molecular weight excluding hydrogens is 476 g/mol. The molecule has 170 valence electrons. The van der Waals surface area contributed by atoms with Crippen LogP contribution in [0.3, 0.4) is 0 Å². The molecule has 1 atom stereocenters. The lowest BCUT2D eigenvalue weighted by atomic mass is 9.74. The van der Waals surface area contributed by atoms with E-state index in [0.29, 0.717) is 10.8 Å². The molecule has 4 aromatic rings. The number of rotatable bonds is 3. The fraction of sp³-hybridized carbons (Fsp3) is 0.364. The number of fused-ring (bicyclic) bond motifs is 2. The van der Waals surface area contributed by atoms with Gasteiger partial charge in [-0.3, -0.25) is 4.40 Å². The number of nitrogens with two attached hydrogens (primary N) is 2. The molecule has 33 heavy (non-hydrogen) atoms. The van der Waals surface area contributed by atoms with Crippen LogP contribution in [0, 0.1) is 12.3 Å². The monoisotopic (exact) mass is 498 g/mol. The summed E-state index contributed by atoms with van der Waals surface area (Å²) in [5.41, 5.74) is 17.5. The lowest BCUT2D eigenvalue weighted by Gasteiger charge is -2.42. The van der Waals surface area contributed by atoms with E-state index >= 15 is 0 Å². The van der Waals surface area contributed by atoms with Gasteiger partial charge in [-0.25, -0.2) is 19.9 Å². The molecule has 0 unspecified atom stereocenters. The first-order valence-electron chi connectivity index (χ1n) is 10.8. The number of aryl methyl sites for hydroxylation is 1. The summed E-state index contributed by atoms with van der Waals surface area (Å²) >= 11 is 9.64. The molecule has 4 N–H and O–H groups in total. The number of nitrogen functional groups attached to an aromatic ring is 1. The number of pyridine rings is 1. The van der Waals surface area contributed by atoms with E-state index in [1.165, 1.54) is 16.6 Å². The van der Waals surface area contributed by atoms with E-state index in [1.54, 1.807) is 17.5 Å². The zero-order valence-corrected chi connectivity index (χ0v) is 20.4. The maximum absolute atomic E-state index is 6.67. The molecule has 0 bridgehead atoms. The predicted octanol–water partition coefficient (Wildman–Crippen LogP) is 4.12. The first-order chi connectivity index (χ1) is 16.0. The van der Waals surface area contributed by atoms with Gasteiger partial charge >= 0.3 is 0 Å². The van der Waals surface area contributed by atoms with E-state index in [-0.39, 0.29) is 11.5 Å². The molecule has 8 nitrogen and oxygen atoms in total. The normalized spacial score (nSPS) is 19.5. The fourth-order valence-electron chi connectivity index (χ4n) is 5.05. The highest BCUT2D eigenvalue weighted by atomic mass is 35.5. The summed E-state index contributed by atoms with van der Waals surface area (Å²) in [5, 5.41) is 0.452. The van der Waals surface area contributed by atoms with Crippen LogP contribution in [0.5, 0.6) is 0 Å². The molecule has 5 heterocycles. The van der Waals surface area contributed by atoms with Gasteiger partial charge in [0, 0.05) is 41.5 Å². The van der Waals surface area contributed by atoms with Crippen LogP contribution >= 0.6 is 34.7 Å². The zero-order valence-electron chi connectivity index (χ0n) is 18.0. The summed E-state index contributed by atoms with van der Waals surface area (Å²) in [7, 11) is 0.